The fourth-order valence-electron chi connectivity index (χ4n) is 3.34. The van der Waals surface area contributed by atoms with E-state index in [-0.39, 0.29) is 11.7 Å². The van der Waals surface area contributed by atoms with Crippen LogP contribution in [0, 0.1) is 0 Å². The molecule has 32 heavy (non-hydrogen) atoms. The van der Waals surface area contributed by atoms with Crippen LogP contribution in [0.5, 0.6) is 5.88 Å². The molecule has 4 aromatic rings. The Hall–Kier alpha value is -3.42. The van der Waals surface area contributed by atoms with Gasteiger partial charge in [-0.25, -0.2) is 0 Å². The molecule has 1 aliphatic rings. The summed E-state index contributed by atoms with van der Waals surface area (Å²) in [6.45, 7) is 0. The maximum atomic E-state index is 13.1. The third kappa shape index (κ3) is 4.17. The second kappa shape index (κ2) is 8.98. The van der Waals surface area contributed by atoms with E-state index in [9.17, 15) is 4.79 Å². The maximum absolute atomic E-state index is 13.1. The lowest BCUT2D eigenvalue weighted by Gasteiger charge is -2.17. The molecule has 0 fully saturated rings. The predicted molar refractivity (Wildman–Crippen MR) is 125 cm³/mol. The second-order valence-electron chi connectivity index (χ2n) is 7.05. The Morgan fingerprint density at radius 2 is 1.72 bits per heavy atom. The average Bonchev–Trinajstić information content (AvgIpc) is 3.00. The van der Waals surface area contributed by atoms with Crippen molar-refractivity contribution in [2.45, 2.75) is 17.1 Å². The minimum absolute atomic E-state index is 0.197. The summed E-state index contributed by atoms with van der Waals surface area (Å²) in [6, 6.07) is 24.2. The number of nitrogens with zero attached hydrogens (tertiary/aromatic N) is 3. The first kappa shape index (κ1) is 20.5. The molecule has 0 saturated heterocycles. The lowest BCUT2D eigenvalue weighted by molar-refractivity contribution is 0.0823. The number of fused-ring (bicyclic) bond motifs is 3. The van der Waals surface area contributed by atoms with Gasteiger partial charge in [0.25, 0.3) is 0 Å². The van der Waals surface area contributed by atoms with E-state index in [0.717, 1.165) is 16.8 Å². The lowest BCUT2D eigenvalue weighted by Crippen LogP contribution is -2.35. The van der Waals surface area contributed by atoms with Gasteiger partial charge in [0.1, 0.15) is 0 Å². The van der Waals surface area contributed by atoms with E-state index in [1.54, 1.807) is 12.1 Å². The van der Waals surface area contributed by atoms with Crippen LogP contribution in [-0.2, 0) is 5.75 Å². The van der Waals surface area contributed by atoms with Gasteiger partial charge in [-0.3, -0.25) is 4.79 Å². The molecule has 0 aliphatic carbocycles. The van der Waals surface area contributed by atoms with Crippen LogP contribution in [0.25, 0.3) is 11.3 Å². The maximum Gasteiger partial charge on any atom is 0.247 e. The smallest absolute Gasteiger partial charge is 0.247 e. The van der Waals surface area contributed by atoms with Crippen LogP contribution >= 0.6 is 23.4 Å². The Labute approximate surface area is 194 Å². The van der Waals surface area contributed by atoms with Crippen LogP contribution in [-0.4, -0.2) is 27.2 Å². The number of thioether (sulfide) groups is 1. The molecule has 0 bridgehead atoms. The van der Waals surface area contributed by atoms with E-state index in [0.29, 0.717) is 27.2 Å². The molecule has 6 nitrogen and oxygen atoms in total. The third-order valence-electron chi connectivity index (χ3n) is 4.94. The number of hydrogen-bond donors (Lipinski definition) is 1. The molecule has 0 spiro atoms. The van der Waals surface area contributed by atoms with Crippen LogP contribution in [0.4, 0.5) is 5.69 Å². The molecule has 2 heterocycles. The van der Waals surface area contributed by atoms with E-state index in [2.05, 4.69) is 20.5 Å². The van der Waals surface area contributed by atoms with Crippen molar-refractivity contribution in [2.75, 3.05) is 5.32 Å². The molecular weight excluding hydrogens is 444 g/mol. The summed E-state index contributed by atoms with van der Waals surface area (Å²) in [5.74, 6) is 0.645. The Morgan fingerprint density at radius 3 is 2.56 bits per heavy atom. The highest BCUT2D eigenvalue weighted by Gasteiger charge is 2.30. The fourth-order valence-corrected chi connectivity index (χ4v) is 4.40. The Kier molecular flexibility index (Phi) is 5.75. The van der Waals surface area contributed by atoms with E-state index in [1.165, 1.54) is 11.8 Å². The second-order valence-corrected chi connectivity index (χ2v) is 8.40. The summed E-state index contributed by atoms with van der Waals surface area (Å²) >= 11 is 7.66. The Bertz CT molecular complexity index is 1290. The molecule has 158 valence electrons. The van der Waals surface area contributed by atoms with Gasteiger partial charge in [-0.05, 0) is 17.7 Å². The van der Waals surface area contributed by atoms with Crippen LogP contribution in [0.2, 0.25) is 5.02 Å². The standard InChI is InChI=1S/C24H17ClN4O2S/c25-18-12-6-4-10-16(18)14-32-24-27-22-20(28-29-24)17-11-5-7-13-19(17)26-23(31-22)21(30)15-8-2-1-3-9-15/h1-13,23,26H,14H2/t23-/m0/s1. The fraction of sp³-hybridized carbons (Fsp3) is 0.0833. The van der Waals surface area contributed by atoms with Crippen molar-refractivity contribution in [3.63, 3.8) is 0 Å². The molecule has 5 rings (SSSR count). The van der Waals surface area contributed by atoms with Crippen LogP contribution in [0.1, 0.15) is 15.9 Å². The number of para-hydroxylation sites is 1. The van der Waals surface area contributed by atoms with E-state index < -0.39 is 6.23 Å². The van der Waals surface area contributed by atoms with Gasteiger partial charge in [0, 0.05) is 27.6 Å². The molecule has 0 unspecified atom stereocenters. The first-order chi connectivity index (χ1) is 15.7. The summed E-state index contributed by atoms with van der Waals surface area (Å²) in [4.78, 5) is 17.7. The minimum atomic E-state index is -0.946. The number of benzene rings is 3. The molecule has 0 radical (unpaired) electrons. The van der Waals surface area contributed by atoms with Crippen molar-refractivity contribution < 1.29 is 9.53 Å². The van der Waals surface area contributed by atoms with Crippen molar-refractivity contribution in [1.29, 1.82) is 0 Å². The van der Waals surface area contributed by atoms with Crippen molar-refractivity contribution in [1.82, 2.24) is 15.2 Å². The molecule has 1 aromatic heterocycles. The molecule has 0 amide bonds. The monoisotopic (exact) mass is 460 g/mol. The summed E-state index contributed by atoms with van der Waals surface area (Å²) in [5, 5.41) is 13.0. The quantitative estimate of drug-likeness (QED) is 0.311. The van der Waals surface area contributed by atoms with Crippen molar-refractivity contribution in [3.05, 3.63) is 95.0 Å². The zero-order valence-corrected chi connectivity index (χ0v) is 18.3. The number of ketones is 1. The Balaban J connectivity index is 1.48. The number of rotatable bonds is 5. The number of aromatic nitrogens is 3. The molecular formula is C24H17ClN4O2S. The normalized spacial score (nSPS) is 14.3. The van der Waals surface area contributed by atoms with Gasteiger partial charge in [0.05, 0.1) is 0 Å². The van der Waals surface area contributed by atoms with Gasteiger partial charge < -0.3 is 10.1 Å². The number of halogens is 1. The van der Waals surface area contributed by atoms with Crippen molar-refractivity contribution in [3.8, 4) is 17.1 Å². The molecule has 1 atom stereocenters. The highest BCUT2D eigenvalue weighted by molar-refractivity contribution is 7.98. The van der Waals surface area contributed by atoms with Gasteiger partial charge in [0.15, 0.2) is 5.69 Å². The third-order valence-corrected chi connectivity index (χ3v) is 6.20. The average molecular weight is 461 g/mol. The number of hydrogen-bond acceptors (Lipinski definition) is 7. The number of carbonyl (C=O) groups excluding carboxylic acids is 1. The van der Waals surface area contributed by atoms with E-state index >= 15 is 0 Å². The molecule has 1 N–H and O–H groups in total. The highest BCUT2D eigenvalue weighted by atomic mass is 35.5. The van der Waals surface area contributed by atoms with E-state index in [4.69, 9.17) is 16.3 Å². The number of carbonyl (C=O) groups is 1. The summed E-state index contributed by atoms with van der Waals surface area (Å²) < 4.78 is 6.06. The molecule has 3 aromatic carbocycles. The summed E-state index contributed by atoms with van der Waals surface area (Å²) in [6.07, 6.45) is -0.946. The van der Waals surface area contributed by atoms with Gasteiger partial charge >= 0.3 is 0 Å². The van der Waals surface area contributed by atoms with Crippen molar-refractivity contribution in [2.24, 2.45) is 0 Å². The molecule has 8 heteroatoms. The SMILES string of the molecule is O=C(c1ccccc1)[C@H]1Nc2ccccc2-c2nnc(SCc3ccccc3Cl)nc2O1. The molecule has 1 aliphatic heterocycles. The first-order valence-electron chi connectivity index (χ1n) is 9.92. The first-order valence-corrected chi connectivity index (χ1v) is 11.3. The number of anilines is 1. The van der Waals surface area contributed by atoms with Crippen LogP contribution < -0.4 is 10.1 Å². The largest absolute Gasteiger partial charge is 0.444 e. The van der Waals surface area contributed by atoms with Gasteiger partial charge in [-0.1, -0.05) is 90.1 Å². The van der Waals surface area contributed by atoms with Crippen molar-refractivity contribution >= 4 is 34.8 Å². The summed E-state index contributed by atoms with van der Waals surface area (Å²) in [5.41, 5.74) is 3.50. The van der Waals surface area contributed by atoms with Crippen LogP contribution in [0.3, 0.4) is 0 Å². The van der Waals surface area contributed by atoms with Gasteiger partial charge in [-0.15, -0.1) is 10.2 Å². The zero-order chi connectivity index (χ0) is 21.9. The van der Waals surface area contributed by atoms with Crippen LogP contribution in [0.15, 0.2) is 84.0 Å². The summed E-state index contributed by atoms with van der Waals surface area (Å²) in [7, 11) is 0. The highest BCUT2D eigenvalue weighted by Crippen LogP contribution is 2.37. The lowest BCUT2D eigenvalue weighted by atomic mass is 10.1. The van der Waals surface area contributed by atoms with E-state index in [1.807, 2.05) is 66.7 Å². The number of nitrogens with one attached hydrogen (secondary N) is 1. The van der Waals surface area contributed by atoms with Gasteiger partial charge in [-0.2, -0.15) is 4.98 Å². The zero-order valence-electron chi connectivity index (χ0n) is 16.7. The topological polar surface area (TPSA) is 77.0 Å². The van der Waals surface area contributed by atoms with Gasteiger partial charge in [0.2, 0.25) is 23.0 Å². The Morgan fingerprint density at radius 1 is 0.969 bits per heavy atom. The predicted octanol–water partition coefficient (Wildman–Crippen LogP) is 5.50. The minimum Gasteiger partial charge on any atom is -0.444 e. The number of Topliss-reactive ketones (excluding diaryl/α,β-unsaturated/α-hetero) is 1. The number of ether oxygens (including phenoxy) is 1. The molecule has 0 saturated carbocycles.